The van der Waals surface area contributed by atoms with Gasteiger partial charge in [-0.15, -0.1) is 0 Å². The average Bonchev–Trinajstić information content (AvgIpc) is 2.78. The topological polar surface area (TPSA) is 84.9 Å². The number of para-hydroxylation sites is 1. The Morgan fingerprint density at radius 3 is 2.20 bits per heavy atom. The van der Waals surface area contributed by atoms with Crippen molar-refractivity contribution in [1.29, 1.82) is 0 Å². The molecule has 0 spiro atoms. The Hall–Kier alpha value is -2.57. The van der Waals surface area contributed by atoms with Gasteiger partial charge in [0.15, 0.2) is 0 Å². The SMILES string of the molecule is CC.CCCC(=O)OC.Cc1cc(Cl)ccc1CCOc1ccccc1.O=CNO. The third-order valence-electron chi connectivity index (χ3n) is 3.42. The number of halogens is 1. The molecule has 0 radical (unpaired) electrons. The predicted molar refractivity (Wildman–Crippen MR) is 121 cm³/mol. The minimum atomic E-state index is -0.123. The zero-order valence-electron chi connectivity index (χ0n) is 18.5. The lowest BCUT2D eigenvalue weighted by molar-refractivity contribution is -0.140. The molecule has 0 heterocycles. The minimum absolute atomic E-state index is 0.123. The van der Waals surface area contributed by atoms with Crippen molar-refractivity contribution < 1.29 is 24.3 Å². The van der Waals surface area contributed by atoms with E-state index in [0.29, 0.717) is 13.0 Å². The lowest BCUT2D eigenvalue weighted by Gasteiger charge is -2.08. The largest absolute Gasteiger partial charge is 0.493 e. The molecule has 30 heavy (non-hydrogen) atoms. The highest BCUT2D eigenvalue weighted by Gasteiger charge is 2.00. The van der Waals surface area contributed by atoms with E-state index < -0.39 is 0 Å². The van der Waals surface area contributed by atoms with Crippen LogP contribution >= 0.6 is 11.6 Å². The van der Waals surface area contributed by atoms with Crippen molar-refractivity contribution in [2.75, 3.05) is 13.7 Å². The molecule has 7 heteroatoms. The normalized spacial score (nSPS) is 8.63. The molecule has 0 aliphatic heterocycles. The Kier molecular flexibility index (Phi) is 20.9. The fraction of sp³-hybridized carbons (Fsp3) is 0.391. The van der Waals surface area contributed by atoms with Gasteiger partial charge in [0.1, 0.15) is 5.75 Å². The van der Waals surface area contributed by atoms with Crippen LogP contribution in [0.3, 0.4) is 0 Å². The highest BCUT2D eigenvalue weighted by atomic mass is 35.5. The number of hydrogen-bond donors (Lipinski definition) is 2. The summed E-state index contributed by atoms with van der Waals surface area (Å²) in [5.74, 6) is 0.793. The number of esters is 1. The van der Waals surface area contributed by atoms with Crippen molar-refractivity contribution in [2.45, 2.75) is 47.0 Å². The molecular formula is C23H34ClNO5. The summed E-state index contributed by atoms with van der Waals surface area (Å²) in [6.45, 7) is 8.70. The first-order chi connectivity index (χ1) is 14.5. The number of hydrogen-bond acceptors (Lipinski definition) is 5. The third kappa shape index (κ3) is 16.4. The van der Waals surface area contributed by atoms with Gasteiger partial charge in [-0.3, -0.25) is 14.8 Å². The van der Waals surface area contributed by atoms with Crippen molar-refractivity contribution in [3.8, 4) is 5.75 Å². The molecule has 0 aliphatic carbocycles. The lowest BCUT2D eigenvalue weighted by Crippen LogP contribution is -2.02. The van der Waals surface area contributed by atoms with Gasteiger partial charge in [-0.25, -0.2) is 5.48 Å². The summed E-state index contributed by atoms with van der Waals surface area (Å²) in [4.78, 5) is 19.0. The molecular weight excluding hydrogens is 406 g/mol. The molecule has 0 aliphatic rings. The highest BCUT2D eigenvalue weighted by Crippen LogP contribution is 2.16. The van der Waals surface area contributed by atoms with E-state index in [2.05, 4.69) is 17.7 Å². The number of aryl methyl sites for hydroxylation is 1. The molecule has 2 N–H and O–H groups in total. The number of amides is 1. The van der Waals surface area contributed by atoms with E-state index in [4.69, 9.17) is 26.3 Å². The van der Waals surface area contributed by atoms with Crippen LogP contribution in [0.5, 0.6) is 5.75 Å². The Bertz CT molecular complexity index is 681. The monoisotopic (exact) mass is 439 g/mol. The average molecular weight is 440 g/mol. The van der Waals surface area contributed by atoms with Crippen LogP contribution < -0.4 is 10.2 Å². The van der Waals surface area contributed by atoms with Gasteiger partial charge in [0.2, 0.25) is 6.41 Å². The number of hydroxylamine groups is 1. The standard InChI is InChI=1S/C15H15ClO.C5H10O2.C2H6.CH3NO2/c1-12-11-14(16)8-7-13(12)9-10-17-15-5-3-2-4-6-15;1-3-4-5(6)7-2;1-2;3-1-2-4/h2-8,11H,9-10H2,1H3;3-4H2,1-2H3;1-2H3;1,4H,(H,2,3). The molecule has 2 aromatic rings. The molecule has 0 aromatic heterocycles. The van der Waals surface area contributed by atoms with E-state index in [1.807, 2.05) is 63.2 Å². The van der Waals surface area contributed by atoms with Crippen LogP contribution in [-0.4, -0.2) is 31.3 Å². The van der Waals surface area contributed by atoms with Crippen molar-refractivity contribution in [1.82, 2.24) is 5.48 Å². The summed E-state index contributed by atoms with van der Waals surface area (Å²) in [6, 6.07) is 15.8. The number of methoxy groups -OCH3 is 1. The molecule has 1 amide bonds. The van der Waals surface area contributed by atoms with Gasteiger partial charge in [0.25, 0.3) is 0 Å². The molecule has 0 atom stereocenters. The molecule has 2 aromatic carbocycles. The summed E-state index contributed by atoms with van der Waals surface area (Å²) in [7, 11) is 1.40. The van der Waals surface area contributed by atoms with E-state index in [0.717, 1.165) is 23.6 Å². The Morgan fingerprint density at radius 1 is 1.17 bits per heavy atom. The first kappa shape index (κ1) is 29.6. The highest BCUT2D eigenvalue weighted by molar-refractivity contribution is 6.30. The van der Waals surface area contributed by atoms with Crippen molar-refractivity contribution in [3.63, 3.8) is 0 Å². The molecule has 0 bridgehead atoms. The van der Waals surface area contributed by atoms with Crippen LogP contribution in [0.25, 0.3) is 0 Å². The minimum Gasteiger partial charge on any atom is -0.493 e. The van der Waals surface area contributed by atoms with Crippen LogP contribution in [-0.2, 0) is 20.7 Å². The Labute approximate surface area is 185 Å². The van der Waals surface area contributed by atoms with Gasteiger partial charge < -0.3 is 9.47 Å². The van der Waals surface area contributed by atoms with Gasteiger partial charge in [0.05, 0.1) is 13.7 Å². The van der Waals surface area contributed by atoms with Gasteiger partial charge >= 0.3 is 5.97 Å². The molecule has 2 rings (SSSR count). The Morgan fingerprint density at radius 2 is 1.77 bits per heavy atom. The van der Waals surface area contributed by atoms with Crippen molar-refractivity contribution in [2.24, 2.45) is 0 Å². The van der Waals surface area contributed by atoms with E-state index in [1.165, 1.54) is 23.7 Å². The molecule has 6 nitrogen and oxygen atoms in total. The Balaban J connectivity index is 0. The number of rotatable bonds is 7. The number of carbonyl (C=O) groups is 2. The fourth-order valence-corrected chi connectivity index (χ4v) is 2.27. The first-order valence-electron chi connectivity index (χ1n) is 9.81. The summed E-state index contributed by atoms with van der Waals surface area (Å²) >= 11 is 5.92. The van der Waals surface area contributed by atoms with Crippen LogP contribution in [0, 0.1) is 6.92 Å². The van der Waals surface area contributed by atoms with E-state index in [-0.39, 0.29) is 12.4 Å². The number of benzene rings is 2. The smallest absolute Gasteiger partial charge is 0.305 e. The molecule has 0 fully saturated rings. The molecule has 0 unspecified atom stereocenters. The van der Waals surface area contributed by atoms with Crippen LogP contribution in [0.4, 0.5) is 0 Å². The van der Waals surface area contributed by atoms with E-state index in [1.54, 1.807) is 0 Å². The first-order valence-corrected chi connectivity index (χ1v) is 10.2. The summed E-state index contributed by atoms with van der Waals surface area (Å²) in [5, 5.41) is 8.04. The summed E-state index contributed by atoms with van der Waals surface area (Å²) in [6.07, 6.45) is 2.49. The zero-order chi connectivity index (χ0) is 23.2. The van der Waals surface area contributed by atoms with Crippen LogP contribution in [0.15, 0.2) is 48.5 Å². The second-order valence-corrected chi connectivity index (χ2v) is 5.99. The summed E-state index contributed by atoms with van der Waals surface area (Å²) < 4.78 is 10.0. The number of ether oxygens (including phenoxy) is 2. The molecule has 168 valence electrons. The molecule has 0 saturated carbocycles. The van der Waals surface area contributed by atoms with Gasteiger partial charge in [-0.2, -0.15) is 0 Å². The van der Waals surface area contributed by atoms with E-state index >= 15 is 0 Å². The quantitative estimate of drug-likeness (QED) is 0.262. The number of carbonyl (C=O) groups excluding carboxylic acids is 2. The fourth-order valence-electron chi connectivity index (χ4n) is 2.04. The second kappa shape index (κ2) is 21.1. The zero-order valence-corrected chi connectivity index (χ0v) is 19.2. The molecule has 0 saturated heterocycles. The maximum absolute atomic E-state index is 10.2. The van der Waals surface area contributed by atoms with Gasteiger partial charge in [-0.1, -0.05) is 56.6 Å². The second-order valence-electron chi connectivity index (χ2n) is 5.56. The maximum atomic E-state index is 10.2. The van der Waals surface area contributed by atoms with Crippen molar-refractivity contribution in [3.05, 3.63) is 64.7 Å². The van der Waals surface area contributed by atoms with Gasteiger partial charge in [-0.05, 0) is 48.7 Å². The van der Waals surface area contributed by atoms with Gasteiger partial charge in [0, 0.05) is 17.9 Å². The summed E-state index contributed by atoms with van der Waals surface area (Å²) in [5.41, 5.74) is 3.75. The maximum Gasteiger partial charge on any atom is 0.305 e. The lowest BCUT2D eigenvalue weighted by atomic mass is 10.1. The van der Waals surface area contributed by atoms with Crippen molar-refractivity contribution >= 4 is 24.0 Å². The van der Waals surface area contributed by atoms with Crippen LogP contribution in [0.1, 0.15) is 44.7 Å². The van der Waals surface area contributed by atoms with Crippen LogP contribution in [0.2, 0.25) is 5.02 Å². The van der Waals surface area contributed by atoms with E-state index in [9.17, 15) is 4.79 Å². The number of nitrogens with one attached hydrogen (secondary N) is 1. The third-order valence-corrected chi connectivity index (χ3v) is 3.66. The predicted octanol–water partition coefficient (Wildman–Crippen LogP) is 5.38.